The zero-order valence-corrected chi connectivity index (χ0v) is 27.0. The van der Waals surface area contributed by atoms with Crippen molar-refractivity contribution in [3.63, 3.8) is 0 Å². The third-order valence-electron chi connectivity index (χ3n) is 7.15. The molecule has 0 spiro atoms. The zero-order valence-electron chi connectivity index (χ0n) is 27.0. The molecule has 0 radical (unpaired) electrons. The van der Waals surface area contributed by atoms with Crippen LogP contribution in [0.25, 0.3) is 0 Å². The number of unbranched alkanes of at least 4 members (excludes halogenated alkanes) is 4. The number of rotatable bonds is 14. The normalized spacial score (nSPS) is 12.8. The minimum Gasteiger partial charge on any atom is -0.497 e. The number of hydrogen-bond acceptors (Lipinski definition) is 5. The summed E-state index contributed by atoms with van der Waals surface area (Å²) in [5, 5.41) is 5.81. The monoisotopic (exact) mass is 581 g/mol. The second-order valence-corrected chi connectivity index (χ2v) is 12.3. The molecule has 0 heterocycles. The van der Waals surface area contributed by atoms with Crippen molar-refractivity contribution in [3.05, 3.63) is 59.2 Å². The molecule has 8 nitrogen and oxygen atoms in total. The van der Waals surface area contributed by atoms with E-state index in [0.29, 0.717) is 23.5 Å². The number of ether oxygens (including phenoxy) is 2. The van der Waals surface area contributed by atoms with Crippen LogP contribution in [-0.2, 0) is 14.3 Å². The van der Waals surface area contributed by atoms with E-state index in [0.717, 1.165) is 43.2 Å². The SMILES string of the molecule is CCCCCCCN(C(=O)C(NC(=O)OC(C)(C)C)C(C)C)C(C(=O)Nc1ccc(OC)cc1)c1ccc(C)c(C)c1. The van der Waals surface area contributed by atoms with Crippen molar-refractivity contribution in [2.75, 3.05) is 19.0 Å². The summed E-state index contributed by atoms with van der Waals surface area (Å²) in [5.41, 5.74) is 2.71. The third kappa shape index (κ3) is 10.7. The molecule has 0 saturated carbocycles. The predicted molar refractivity (Wildman–Crippen MR) is 169 cm³/mol. The number of methoxy groups -OCH3 is 1. The number of anilines is 1. The average molecular weight is 582 g/mol. The maximum atomic E-state index is 14.4. The third-order valence-corrected chi connectivity index (χ3v) is 7.15. The quantitative estimate of drug-likeness (QED) is 0.228. The van der Waals surface area contributed by atoms with Crippen molar-refractivity contribution < 1.29 is 23.9 Å². The van der Waals surface area contributed by atoms with Gasteiger partial charge in [-0.25, -0.2) is 4.79 Å². The maximum absolute atomic E-state index is 14.4. The Hall–Kier alpha value is -3.55. The predicted octanol–water partition coefficient (Wildman–Crippen LogP) is 7.34. The number of carbonyl (C=O) groups is 3. The van der Waals surface area contributed by atoms with Gasteiger partial charge in [0.25, 0.3) is 5.91 Å². The summed E-state index contributed by atoms with van der Waals surface area (Å²) < 4.78 is 10.7. The standard InChI is InChI=1S/C34H51N3O5/c1-10-11-12-13-14-21-37(32(39)29(23(2)3)36-33(40)42-34(6,7)8)30(26-16-15-24(4)25(5)22-26)31(38)35-27-17-19-28(41-9)20-18-27/h15-20,22-23,29-30H,10-14,21H2,1-9H3,(H,35,38)(H,36,40). The lowest BCUT2D eigenvalue weighted by Crippen LogP contribution is -2.54. The summed E-state index contributed by atoms with van der Waals surface area (Å²) in [6, 6.07) is 11.2. The van der Waals surface area contributed by atoms with E-state index >= 15 is 0 Å². The summed E-state index contributed by atoms with van der Waals surface area (Å²) in [6.45, 7) is 15.6. The molecule has 0 bridgehead atoms. The van der Waals surface area contributed by atoms with Crippen molar-refractivity contribution in [3.8, 4) is 5.75 Å². The molecular weight excluding hydrogens is 530 g/mol. The Balaban J connectivity index is 2.54. The van der Waals surface area contributed by atoms with E-state index in [9.17, 15) is 14.4 Å². The van der Waals surface area contributed by atoms with Gasteiger partial charge in [-0.05, 0) is 87.9 Å². The second kappa shape index (κ2) is 16.2. The maximum Gasteiger partial charge on any atom is 0.408 e. The number of aryl methyl sites for hydroxylation is 2. The van der Waals surface area contributed by atoms with Gasteiger partial charge in [-0.3, -0.25) is 9.59 Å². The van der Waals surface area contributed by atoms with E-state index in [1.807, 2.05) is 45.9 Å². The van der Waals surface area contributed by atoms with Crippen molar-refractivity contribution in [1.29, 1.82) is 0 Å². The Morgan fingerprint density at radius 2 is 1.55 bits per heavy atom. The first-order valence-corrected chi connectivity index (χ1v) is 15.1. The Morgan fingerprint density at radius 1 is 0.905 bits per heavy atom. The lowest BCUT2D eigenvalue weighted by Gasteiger charge is -2.36. The van der Waals surface area contributed by atoms with Crippen LogP contribution in [0.4, 0.5) is 10.5 Å². The van der Waals surface area contributed by atoms with Crippen LogP contribution in [0.3, 0.4) is 0 Å². The molecule has 8 heteroatoms. The van der Waals surface area contributed by atoms with Gasteiger partial charge in [0.2, 0.25) is 5.91 Å². The number of nitrogens with one attached hydrogen (secondary N) is 2. The average Bonchev–Trinajstić information content (AvgIpc) is 2.91. The summed E-state index contributed by atoms with van der Waals surface area (Å²) >= 11 is 0. The highest BCUT2D eigenvalue weighted by Gasteiger charge is 2.37. The molecule has 2 rings (SSSR count). The molecule has 2 aromatic carbocycles. The molecule has 0 aliphatic rings. The van der Waals surface area contributed by atoms with E-state index in [1.165, 1.54) is 0 Å². The minimum absolute atomic E-state index is 0.238. The highest BCUT2D eigenvalue weighted by Crippen LogP contribution is 2.28. The summed E-state index contributed by atoms with van der Waals surface area (Å²) in [4.78, 5) is 42.9. The first-order chi connectivity index (χ1) is 19.8. The topological polar surface area (TPSA) is 97.0 Å². The van der Waals surface area contributed by atoms with Gasteiger partial charge in [-0.15, -0.1) is 0 Å². The van der Waals surface area contributed by atoms with Crippen LogP contribution < -0.4 is 15.4 Å². The molecule has 0 aromatic heterocycles. The van der Waals surface area contributed by atoms with Gasteiger partial charge in [0.05, 0.1) is 7.11 Å². The molecule has 42 heavy (non-hydrogen) atoms. The molecule has 0 aliphatic heterocycles. The molecule has 0 saturated heterocycles. The van der Waals surface area contributed by atoms with Gasteiger partial charge in [-0.2, -0.15) is 0 Å². The fourth-order valence-corrected chi connectivity index (χ4v) is 4.67. The van der Waals surface area contributed by atoms with Crippen LogP contribution in [-0.4, -0.2) is 48.1 Å². The lowest BCUT2D eigenvalue weighted by atomic mass is 9.96. The van der Waals surface area contributed by atoms with E-state index in [4.69, 9.17) is 9.47 Å². The highest BCUT2D eigenvalue weighted by molar-refractivity contribution is 5.99. The van der Waals surface area contributed by atoms with Crippen molar-refractivity contribution in [1.82, 2.24) is 10.2 Å². The smallest absolute Gasteiger partial charge is 0.408 e. The van der Waals surface area contributed by atoms with Gasteiger partial charge in [-0.1, -0.05) is 64.7 Å². The number of hydrogen-bond donors (Lipinski definition) is 2. The molecule has 0 aliphatic carbocycles. The Kier molecular flexibility index (Phi) is 13.4. The highest BCUT2D eigenvalue weighted by atomic mass is 16.6. The van der Waals surface area contributed by atoms with Crippen LogP contribution >= 0.6 is 0 Å². The summed E-state index contributed by atoms with van der Waals surface area (Å²) in [6.07, 6.45) is 4.27. The molecular formula is C34H51N3O5. The molecule has 2 aromatic rings. The Morgan fingerprint density at radius 3 is 2.10 bits per heavy atom. The number of benzene rings is 2. The second-order valence-electron chi connectivity index (χ2n) is 12.3. The molecule has 232 valence electrons. The fourth-order valence-electron chi connectivity index (χ4n) is 4.67. The van der Waals surface area contributed by atoms with Crippen molar-refractivity contribution >= 4 is 23.6 Å². The van der Waals surface area contributed by atoms with Crippen molar-refractivity contribution in [2.45, 2.75) is 105 Å². The summed E-state index contributed by atoms with van der Waals surface area (Å²) in [5.74, 6) is -0.210. The molecule has 3 amide bonds. The number of amides is 3. The zero-order chi connectivity index (χ0) is 31.4. The Labute approximate surface area is 252 Å². The van der Waals surface area contributed by atoms with E-state index in [1.54, 1.807) is 57.0 Å². The lowest BCUT2D eigenvalue weighted by molar-refractivity contribution is -0.141. The van der Waals surface area contributed by atoms with Gasteiger partial charge in [0.1, 0.15) is 23.4 Å². The van der Waals surface area contributed by atoms with E-state index in [-0.39, 0.29) is 17.7 Å². The minimum atomic E-state index is -0.910. The van der Waals surface area contributed by atoms with Crippen LogP contribution in [0.15, 0.2) is 42.5 Å². The molecule has 2 N–H and O–H groups in total. The van der Waals surface area contributed by atoms with E-state index < -0.39 is 23.8 Å². The first-order valence-electron chi connectivity index (χ1n) is 15.1. The van der Waals surface area contributed by atoms with Crippen LogP contribution in [0.5, 0.6) is 5.75 Å². The van der Waals surface area contributed by atoms with Gasteiger partial charge in [0, 0.05) is 12.2 Å². The van der Waals surface area contributed by atoms with Crippen molar-refractivity contribution in [2.24, 2.45) is 5.92 Å². The number of carbonyl (C=O) groups excluding carboxylic acids is 3. The summed E-state index contributed by atoms with van der Waals surface area (Å²) in [7, 11) is 1.59. The molecule has 2 unspecified atom stereocenters. The molecule has 2 atom stereocenters. The van der Waals surface area contributed by atoms with Crippen LogP contribution in [0, 0.1) is 19.8 Å². The number of alkyl carbamates (subject to hydrolysis) is 1. The molecule has 0 fully saturated rings. The van der Waals surface area contributed by atoms with E-state index in [2.05, 4.69) is 17.6 Å². The van der Waals surface area contributed by atoms with Crippen LogP contribution in [0.1, 0.15) is 96.4 Å². The van der Waals surface area contributed by atoms with Gasteiger partial charge in [0.15, 0.2) is 0 Å². The first kappa shape index (κ1) is 34.7. The van der Waals surface area contributed by atoms with Gasteiger partial charge >= 0.3 is 6.09 Å². The Bertz CT molecular complexity index is 1170. The fraction of sp³-hybridized carbons (Fsp3) is 0.559. The number of nitrogens with zero attached hydrogens (tertiary/aromatic N) is 1. The van der Waals surface area contributed by atoms with Gasteiger partial charge < -0.3 is 25.0 Å². The largest absolute Gasteiger partial charge is 0.497 e. The van der Waals surface area contributed by atoms with Crippen LogP contribution in [0.2, 0.25) is 0 Å².